The van der Waals surface area contributed by atoms with Gasteiger partial charge in [0, 0.05) is 30.5 Å². The molecule has 1 aromatic heterocycles. The summed E-state index contributed by atoms with van der Waals surface area (Å²) < 4.78 is 5.86. The average Bonchev–Trinajstić information content (AvgIpc) is 3.44. The fourth-order valence-corrected chi connectivity index (χ4v) is 4.67. The summed E-state index contributed by atoms with van der Waals surface area (Å²) in [5.41, 5.74) is 0.835. The van der Waals surface area contributed by atoms with Crippen molar-refractivity contribution in [3.05, 3.63) is 41.4 Å². The van der Waals surface area contributed by atoms with E-state index in [9.17, 15) is 4.79 Å². The number of hydrogen-bond donors (Lipinski definition) is 0. The Labute approximate surface area is 172 Å². The average molecular weight is 401 g/mol. The Bertz CT molecular complexity index is 806. The largest absolute Gasteiger partial charge is 0.441 e. The monoisotopic (exact) mass is 400 g/mol. The van der Waals surface area contributed by atoms with Crippen LogP contribution in [0.1, 0.15) is 64.2 Å². The van der Waals surface area contributed by atoms with Crippen molar-refractivity contribution in [3.63, 3.8) is 0 Å². The van der Waals surface area contributed by atoms with Gasteiger partial charge in [0.25, 0.3) is 0 Å². The van der Waals surface area contributed by atoms with Gasteiger partial charge in [-0.15, -0.1) is 0 Å². The normalized spacial score (nSPS) is 22.2. The third kappa shape index (κ3) is 4.43. The molecule has 1 amide bonds. The summed E-state index contributed by atoms with van der Waals surface area (Å²) in [6.07, 6.45) is 11.1. The molecule has 0 spiro atoms. The molecular formula is C23H29ClN2O2. The SMILES string of the molecule is CCC1CCC(N(C(=O)CCc2ncc(-c3ccccc3Cl)o2)C2CC2)CC1. The van der Waals surface area contributed by atoms with Crippen molar-refractivity contribution in [3.8, 4) is 11.3 Å². The van der Waals surface area contributed by atoms with Crippen molar-refractivity contribution in [2.45, 2.75) is 76.8 Å². The number of amides is 1. The van der Waals surface area contributed by atoms with E-state index in [0.29, 0.717) is 41.6 Å². The molecule has 0 bridgehead atoms. The van der Waals surface area contributed by atoms with Crippen molar-refractivity contribution < 1.29 is 9.21 Å². The Morgan fingerprint density at radius 3 is 2.46 bits per heavy atom. The second-order valence-corrected chi connectivity index (χ2v) is 8.62. The molecule has 4 nitrogen and oxygen atoms in total. The van der Waals surface area contributed by atoms with Gasteiger partial charge >= 0.3 is 0 Å². The molecule has 2 aliphatic rings. The highest BCUT2D eigenvalue weighted by Crippen LogP contribution is 2.36. The van der Waals surface area contributed by atoms with E-state index in [4.69, 9.17) is 16.0 Å². The van der Waals surface area contributed by atoms with Gasteiger partial charge in [0.05, 0.1) is 11.2 Å². The first kappa shape index (κ1) is 19.5. The second-order valence-electron chi connectivity index (χ2n) is 8.21. The van der Waals surface area contributed by atoms with Crippen LogP contribution in [0.25, 0.3) is 11.3 Å². The van der Waals surface area contributed by atoms with Crippen molar-refractivity contribution in [2.24, 2.45) is 5.92 Å². The maximum absolute atomic E-state index is 13.0. The van der Waals surface area contributed by atoms with Gasteiger partial charge in [-0.2, -0.15) is 0 Å². The third-order valence-electron chi connectivity index (χ3n) is 6.26. The lowest BCUT2D eigenvalue weighted by atomic mass is 9.83. The predicted octanol–water partition coefficient (Wildman–Crippen LogP) is 5.89. The van der Waals surface area contributed by atoms with Crippen LogP contribution in [-0.4, -0.2) is 27.9 Å². The maximum Gasteiger partial charge on any atom is 0.223 e. The van der Waals surface area contributed by atoms with Gasteiger partial charge in [-0.25, -0.2) is 4.98 Å². The standard InChI is InChI=1S/C23H29ClN2O2/c1-2-16-7-9-17(10-8-16)26(18-11-12-18)23(27)14-13-22-25-15-21(28-22)19-5-3-4-6-20(19)24/h3-6,15-18H,2,7-14H2,1H3. The molecule has 1 heterocycles. The lowest BCUT2D eigenvalue weighted by molar-refractivity contribution is -0.135. The van der Waals surface area contributed by atoms with Crippen LogP contribution < -0.4 is 0 Å². The van der Waals surface area contributed by atoms with Gasteiger partial charge in [-0.1, -0.05) is 37.1 Å². The number of aromatic nitrogens is 1. The van der Waals surface area contributed by atoms with E-state index < -0.39 is 0 Å². The van der Waals surface area contributed by atoms with E-state index in [1.807, 2.05) is 24.3 Å². The smallest absolute Gasteiger partial charge is 0.223 e. The van der Waals surface area contributed by atoms with Gasteiger partial charge in [-0.3, -0.25) is 4.79 Å². The Hall–Kier alpha value is -1.81. The first-order valence-corrected chi connectivity index (χ1v) is 11.0. The molecule has 4 rings (SSSR count). The van der Waals surface area contributed by atoms with Crippen LogP contribution in [0.15, 0.2) is 34.9 Å². The highest BCUT2D eigenvalue weighted by Gasteiger charge is 2.38. The van der Waals surface area contributed by atoms with E-state index in [0.717, 1.165) is 37.2 Å². The molecule has 0 N–H and O–H groups in total. The van der Waals surface area contributed by atoms with Crippen LogP contribution >= 0.6 is 11.6 Å². The Morgan fingerprint density at radius 1 is 1.14 bits per heavy atom. The second kappa shape index (κ2) is 8.69. The zero-order valence-electron chi connectivity index (χ0n) is 16.6. The Kier molecular flexibility index (Phi) is 6.05. The number of carbonyl (C=O) groups excluding carboxylic acids is 1. The van der Waals surface area contributed by atoms with Crippen molar-refractivity contribution in [1.82, 2.24) is 9.88 Å². The van der Waals surface area contributed by atoms with Crippen LogP contribution in [-0.2, 0) is 11.2 Å². The zero-order chi connectivity index (χ0) is 19.5. The first-order chi connectivity index (χ1) is 13.7. The number of halogens is 1. The van der Waals surface area contributed by atoms with Crippen LogP contribution in [0.2, 0.25) is 5.02 Å². The van der Waals surface area contributed by atoms with Gasteiger partial charge in [0.2, 0.25) is 5.91 Å². The van der Waals surface area contributed by atoms with Gasteiger partial charge in [0.15, 0.2) is 11.7 Å². The molecule has 150 valence electrons. The molecule has 0 aliphatic heterocycles. The number of carbonyl (C=O) groups is 1. The topological polar surface area (TPSA) is 46.3 Å². The van der Waals surface area contributed by atoms with Crippen LogP contribution in [0, 0.1) is 5.92 Å². The summed E-state index contributed by atoms with van der Waals surface area (Å²) in [6.45, 7) is 2.28. The minimum absolute atomic E-state index is 0.264. The molecule has 2 aliphatic carbocycles. The highest BCUT2D eigenvalue weighted by molar-refractivity contribution is 6.33. The van der Waals surface area contributed by atoms with E-state index in [-0.39, 0.29) is 5.91 Å². The van der Waals surface area contributed by atoms with Crippen LogP contribution in [0.3, 0.4) is 0 Å². The molecule has 2 fully saturated rings. The third-order valence-corrected chi connectivity index (χ3v) is 6.59. The first-order valence-electron chi connectivity index (χ1n) is 10.7. The fourth-order valence-electron chi connectivity index (χ4n) is 4.44. The Balaban J connectivity index is 1.36. The molecule has 0 radical (unpaired) electrons. The van der Waals surface area contributed by atoms with E-state index in [1.54, 1.807) is 6.20 Å². The number of rotatable bonds is 7. The van der Waals surface area contributed by atoms with Gasteiger partial charge in [-0.05, 0) is 56.6 Å². The maximum atomic E-state index is 13.0. The lowest BCUT2D eigenvalue weighted by Gasteiger charge is -2.37. The van der Waals surface area contributed by atoms with Crippen LogP contribution in [0.4, 0.5) is 0 Å². The molecule has 5 heteroatoms. The molecule has 0 atom stereocenters. The summed E-state index contributed by atoms with van der Waals surface area (Å²) in [6, 6.07) is 8.48. The predicted molar refractivity (Wildman–Crippen MR) is 111 cm³/mol. The fraction of sp³-hybridized carbons (Fsp3) is 0.565. The van der Waals surface area contributed by atoms with Crippen molar-refractivity contribution in [2.75, 3.05) is 0 Å². The molecule has 0 unspecified atom stereocenters. The molecule has 0 saturated heterocycles. The summed E-state index contributed by atoms with van der Waals surface area (Å²) in [5.74, 6) is 2.38. The molecule has 28 heavy (non-hydrogen) atoms. The van der Waals surface area contributed by atoms with Gasteiger partial charge in [0.1, 0.15) is 0 Å². The molecule has 2 saturated carbocycles. The molecule has 2 aromatic rings. The summed E-state index contributed by atoms with van der Waals surface area (Å²) in [4.78, 5) is 19.6. The van der Waals surface area contributed by atoms with Gasteiger partial charge < -0.3 is 9.32 Å². The molecule has 1 aromatic carbocycles. The van der Waals surface area contributed by atoms with Crippen molar-refractivity contribution in [1.29, 1.82) is 0 Å². The van der Waals surface area contributed by atoms with Crippen LogP contribution in [0.5, 0.6) is 0 Å². The summed E-state index contributed by atoms with van der Waals surface area (Å²) >= 11 is 6.24. The minimum Gasteiger partial charge on any atom is -0.441 e. The number of nitrogens with zero attached hydrogens (tertiary/aromatic N) is 2. The quantitative estimate of drug-likeness (QED) is 0.582. The number of benzene rings is 1. The number of oxazole rings is 1. The highest BCUT2D eigenvalue weighted by atomic mass is 35.5. The molecular weight excluding hydrogens is 372 g/mol. The Morgan fingerprint density at radius 2 is 1.82 bits per heavy atom. The summed E-state index contributed by atoms with van der Waals surface area (Å²) in [7, 11) is 0. The van der Waals surface area contributed by atoms with E-state index in [2.05, 4.69) is 16.8 Å². The van der Waals surface area contributed by atoms with E-state index >= 15 is 0 Å². The van der Waals surface area contributed by atoms with Crippen molar-refractivity contribution >= 4 is 17.5 Å². The zero-order valence-corrected chi connectivity index (χ0v) is 17.3. The number of hydrogen-bond acceptors (Lipinski definition) is 3. The number of aryl methyl sites for hydroxylation is 1. The lowest BCUT2D eigenvalue weighted by Crippen LogP contribution is -2.44. The minimum atomic E-state index is 0.264. The summed E-state index contributed by atoms with van der Waals surface area (Å²) in [5, 5.41) is 0.642. The van der Waals surface area contributed by atoms with E-state index in [1.165, 1.54) is 19.3 Å².